The first kappa shape index (κ1) is 11.7. The average Bonchev–Trinajstić information content (AvgIpc) is 2.59. The number of nitrogens with one attached hydrogen (secondary N) is 1. The fourth-order valence-electron chi connectivity index (χ4n) is 1.94. The zero-order valence-electron chi connectivity index (χ0n) is 10.7. The van der Waals surface area contributed by atoms with Crippen LogP contribution in [0.1, 0.15) is 32.0 Å². The van der Waals surface area contributed by atoms with Gasteiger partial charge in [-0.1, -0.05) is 32.9 Å². The molecule has 2 aromatic rings. The van der Waals surface area contributed by atoms with Gasteiger partial charge >= 0.3 is 5.69 Å². The van der Waals surface area contributed by atoms with Crippen molar-refractivity contribution in [3.05, 3.63) is 52.2 Å². The Bertz CT molecular complexity index is 585. The van der Waals surface area contributed by atoms with Crippen LogP contribution < -0.4 is 5.69 Å². The van der Waals surface area contributed by atoms with Crippen molar-refractivity contribution in [2.24, 2.45) is 0 Å². The van der Waals surface area contributed by atoms with Crippen LogP contribution in [-0.4, -0.2) is 9.55 Å². The minimum atomic E-state index is -0.0828. The van der Waals surface area contributed by atoms with Gasteiger partial charge in [-0.25, -0.2) is 4.79 Å². The van der Waals surface area contributed by atoms with Crippen LogP contribution in [0, 0.1) is 6.92 Å². The number of hydrogen-bond donors (Lipinski definition) is 1. The Labute approximate surface area is 101 Å². The van der Waals surface area contributed by atoms with Crippen LogP contribution in [0.2, 0.25) is 0 Å². The number of rotatable bonds is 1. The minimum absolute atomic E-state index is 0.0666. The Hall–Kier alpha value is -1.77. The van der Waals surface area contributed by atoms with E-state index in [-0.39, 0.29) is 11.1 Å². The molecule has 0 aliphatic carbocycles. The molecule has 17 heavy (non-hydrogen) atoms. The van der Waals surface area contributed by atoms with E-state index in [1.165, 1.54) is 0 Å². The molecule has 2 rings (SSSR count). The van der Waals surface area contributed by atoms with Gasteiger partial charge in [-0.3, -0.25) is 4.57 Å². The molecular weight excluding hydrogens is 212 g/mol. The number of benzene rings is 1. The van der Waals surface area contributed by atoms with Gasteiger partial charge < -0.3 is 4.98 Å². The second kappa shape index (κ2) is 3.91. The van der Waals surface area contributed by atoms with Crippen LogP contribution in [0.15, 0.2) is 35.3 Å². The first-order chi connectivity index (χ1) is 7.89. The Morgan fingerprint density at radius 1 is 1.24 bits per heavy atom. The maximum absolute atomic E-state index is 11.9. The summed E-state index contributed by atoms with van der Waals surface area (Å²) in [6, 6.07) is 7.97. The smallest absolute Gasteiger partial charge is 0.312 e. The Kier molecular flexibility index (Phi) is 2.69. The van der Waals surface area contributed by atoms with E-state index in [2.05, 4.69) is 25.8 Å². The maximum Gasteiger partial charge on any atom is 0.330 e. The molecule has 90 valence electrons. The van der Waals surface area contributed by atoms with Crippen molar-refractivity contribution in [3.8, 4) is 5.69 Å². The zero-order valence-corrected chi connectivity index (χ0v) is 10.7. The molecule has 0 amide bonds. The predicted octanol–water partition coefficient (Wildman–Crippen LogP) is 2.77. The summed E-state index contributed by atoms with van der Waals surface area (Å²) in [7, 11) is 0. The van der Waals surface area contributed by atoms with Crippen molar-refractivity contribution in [3.63, 3.8) is 0 Å². The van der Waals surface area contributed by atoms with E-state index in [1.807, 2.05) is 31.2 Å². The van der Waals surface area contributed by atoms with Crippen LogP contribution in [0.4, 0.5) is 0 Å². The van der Waals surface area contributed by atoms with E-state index in [1.54, 1.807) is 10.8 Å². The Morgan fingerprint density at radius 3 is 2.53 bits per heavy atom. The van der Waals surface area contributed by atoms with Crippen molar-refractivity contribution >= 4 is 0 Å². The molecule has 0 radical (unpaired) electrons. The van der Waals surface area contributed by atoms with Crippen LogP contribution in [0.25, 0.3) is 5.69 Å². The van der Waals surface area contributed by atoms with Gasteiger partial charge in [-0.15, -0.1) is 0 Å². The highest BCUT2D eigenvalue weighted by Gasteiger charge is 2.21. The van der Waals surface area contributed by atoms with Crippen LogP contribution in [0.5, 0.6) is 0 Å². The third kappa shape index (κ3) is 2.18. The van der Waals surface area contributed by atoms with E-state index in [0.29, 0.717) is 0 Å². The van der Waals surface area contributed by atoms with Crippen LogP contribution in [-0.2, 0) is 5.41 Å². The molecule has 0 aliphatic rings. The third-order valence-electron chi connectivity index (χ3n) is 2.80. The van der Waals surface area contributed by atoms with Gasteiger partial charge in [0, 0.05) is 17.3 Å². The highest BCUT2D eigenvalue weighted by molar-refractivity contribution is 5.38. The molecule has 1 N–H and O–H groups in total. The lowest BCUT2D eigenvalue weighted by molar-refractivity contribution is 0.554. The molecule has 0 atom stereocenters. The lowest BCUT2D eigenvalue weighted by atomic mass is 9.92. The summed E-state index contributed by atoms with van der Waals surface area (Å²) >= 11 is 0. The number of nitrogens with zero attached hydrogens (tertiary/aromatic N) is 1. The Balaban J connectivity index is 2.67. The number of H-pyrrole nitrogens is 1. The molecule has 0 bridgehead atoms. The number of imidazole rings is 1. The average molecular weight is 230 g/mol. The van der Waals surface area contributed by atoms with E-state index in [9.17, 15) is 4.79 Å². The summed E-state index contributed by atoms with van der Waals surface area (Å²) in [5.74, 6) is 0. The molecule has 0 spiro atoms. The molecule has 0 fully saturated rings. The van der Waals surface area contributed by atoms with Gasteiger partial charge in [0.05, 0.1) is 5.69 Å². The lowest BCUT2D eigenvalue weighted by Crippen LogP contribution is -2.23. The first-order valence-corrected chi connectivity index (χ1v) is 5.77. The standard InChI is InChI=1S/C14H18N2O/c1-10-6-5-7-11(8-10)16-12(14(2,3)4)9-15-13(16)17/h5-9H,1-4H3,(H,15,17). The molecule has 0 aliphatic heterocycles. The summed E-state index contributed by atoms with van der Waals surface area (Å²) in [6.45, 7) is 8.32. The summed E-state index contributed by atoms with van der Waals surface area (Å²) in [4.78, 5) is 14.7. The molecule has 3 nitrogen and oxygen atoms in total. The number of aromatic nitrogens is 2. The van der Waals surface area contributed by atoms with Crippen molar-refractivity contribution in [2.75, 3.05) is 0 Å². The topological polar surface area (TPSA) is 37.8 Å². The summed E-state index contributed by atoms with van der Waals surface area (Å²) < 4.78 is 1.74. The van der Waals surface area contributed by atoms with Crippen LogP contribution in [0.3, 0.4) is 0 Å². The first-order valence-electron chi connectivity index (χ1n) is 5.77. The molecule has 0 saturated heterocycles. The van der Waals surface area contributed by atoms with Gasteiger partial charge in [0.1, 0.15) is 0 Å². The predicted molar refractivity (Wildman–Crippen MR) is 69.8 cm³/mol. The molecule has 1 aromatic carbocycles. The molecule has 1 aromatic heterocycles. The summed E-state index contributed by atoms with van der Waals surface area (Å²) in [6.07, 6.45) is 1.80. The fourth-order valence-corrected chi connectivity index (χ4v) is 1.94. The second-order valence-electron chi connectivity index (χ2n) is 5.40. The monoisotopic (exact) mass is 230 g/mol. The largest absolute Gasteiger partial charge is 0.330 e. The molecule has 1 heterocycles. The van der Waals surface area contributed by atoms with E-state index in [0.717, 1.165) is 16.9 Å². The number of hydrogen-bond acceptors (Lipinski definition) is 1. The van der Waals surface area contributed by atoms with Crippen molar-refractivity contribution < 1.29 is 0 Å². The number of aryl methyl sites for hydroxylation is 1. The quantitative estimate of drug-likeness (QED) is 0.803. The van der Waals surface area contributed by atoms with Crippen LogP contribution >= 0.6 is 0 Å². The third-order valence-corrected chi connectivity index (χ3v) is 2.80. The lowest BCUT2D eigenvalue weighted by Gasteiger charge is -2.20. The van der Waals surface area contributed by atoms with Crippen molar-refractivity contribution in [1.29, 1.82) is 0 Å². The van der Waals surface area contributed by atoms with E-state index < -0.39 is 0 Å². The second-order valence-corrected chi connectivity index (χ2v) is 5.40. The normalized spacial score (nSPS) is 11.8. The minimum Gasteiger partial charge on any atom is -0.312 e. The highest BCUT2D eigenvalue weighted by Crippen LogP contribution is 2.23. The van der Waals surface area contributed by atoms with Crippen molar-refractivity contribution in [1.82, 2.24) is 9.55 Å². The fraction of sp³-hybridized carbons (Fsp3) is 0.357. The summed E-state index contributed by atoms with van der Waals surface area (Å²) in [5.41, 5.74) is 2.91. The summed E-state index contributed by atoms with van der Waals surface area (Å²) in [5, 5.41) is 0. The van der Waals surface area contributed by atoms with Gasteiger partial charge in [0.25, 0.3) is 0 Å². The Morgan fingerprint density at radius 2 is 1.94 bits per heavy atom. The molecular formula is C14H18N2O. The van der Waals surface area contributed by atoms with Gasteiger partial charge in [-0.05, 0) is 24.6 Å². The SMILES string of the molecule is Cc1cccc(-n2c(C(C)(C)C)c[nH]c2=O)c1. The van der Waals surface area contributed by atoms with Gasteiger partial charge in [-0.2, -0.15) is 0 Å². The molecule has 0 unspecified atom stereocenters. The molecule has 0 saturated carbocycles. The highest BCUT2D eigenvalue weighted by atomic mass is 16.1. The zero-order chi connectivity index (χ0) is 12.6. The van der Waals surface area contributed by atoms with Gasteiger partial charge in [0.15, 0.2) is 0 Å². The van der Waals surface area contributed by atoms with Crippen molar-refractivity contribution in [2.45, 2.75) is 33.1 Å². The number of aromatic amines is 1. The molecule has 3 heteroatoms. The van der Waals surface area contributed by atoms with Gasteiger partial charge in [0.2, 0.25) is 0 Å². The maximum atomic E-state index is 11.9. The van der Waals surface area contributed by atoms with E-state index in [4.69, 9.17) is 0 Å². The van der Waals surface area contributed by atoms with E-state index >= 15 is 0 Å².